The lowest BCUT2D eigenvalue weighted by Crippen LogP contribution is -2.60. The number of ether oxygens (including phenoxy) is 1. The maximum Gasteiger partial charge on any atom is 0.325 e. The molecule has 1 N–H and O–H groups in total. The molecule has 3 amide bonds. The van der Waals surface area contributed by atoms with Gasteiger partial charge < -0.3 is 9.64 Å². The minimum Gasteiger partial charge on any atom is -0.497 e. The van der Waals surface area contributed by atoms with Gasteiger partial charge in [0.1, 0.15) is 11.3 Å². The van der Waals surface area contributed by atoms with Crippen LogP contribution in [-0.2, 0) is 17.8 Å². The van der Waals surface area contributed by atoms with Gasteiger partial charge in [0.2, 0.25) is 0 Å². The van der Waals surface area contributed by atoms with Crippen molar-refractivity contribution in [1.82, 2.24) is 15.1 Å². The van der Waals surface area contributed by atoms with Gasteiger partial charge >= 0.3 is 6.03 Å². The third-order valence-electron chi connectivity index (χ3n) is 5.99. The van der Waals surface area contributed by atoms with Crippen molar-refractivity contribution in [3.63, 3.8) is 0 Å². The number of benzene rings is 2. The zero-order valence-corrected chi connectivity index (χ0v) is 16.8. The Hall–Kier alpha value is -2.86. The molecule has 6 heteroatoms. The molecule has 2 aliphatic rings. The molecular weight excluding hydrogens is 366 g/mol. The molecule has 29 heavy (non-hydrogen) atoms. The maximum atomic E-state index is 12.8. The first-order chi connectivity index (χ1) is 14.1. The molecule has 2 aromatic rings. The van der Waals surface area contributed by atoms with Crippen molar-refractivity contribution in [2.75, 3.05) is 26.7 Å². The Bertz CT molecular complexity index is 869. The van der Waals surface area contributed by atoms with Crippen LogP contribution < -0.4 is 10.1 Å². The summed E-state index contributed by atoms with van der Waals surface area (Å²) in [6.45, 7) is 2.81. The smallest absolute Gasteiger partial charge is 0.325 e. The van der Waals surface area contributed by atoms with Crippen molar-refractivity contribution in [3.05, 3.63) is 65.7 Å². The molecule has 2 aliphatic heterocycles. The highest BCUT2D eigenvalue weighted by molar-refractivity contribution is 6.07. The molecule has 0 aromatic heterocycles. The first kappa shape index (κ1) is 19.5. The van der Waals surface area contributed by atoms with Crippen LogP contribution >= 0.6 is 0 Å². The van der Waals surface area contributed by atoms with E-state index >= 15 is 0 Å². The number of carbonyl (C=O) groups is 2. The van der Waals surface area contributed by atoms with Gasteiger partial charge in [0.05, 0.1) is 7.11 Å². The Labute approximate surface area is 171 Å². The molecule has 1 atom stereocenters. The summed E-state index contributed by atoms with van der Waals surface area (Å²) in [5, 5.41) is 2.57. The van der Waals surface area contributed by atoms with E-state index < -0.39 is 5.54 Å². The summed E-state index contributed by atoms with van der Waals surface area (Å²) in [6, 6.07) is 17.8. The van der Waals surface area contributed by atoms with Crippen LogP contribution in [0.2, 0.25) is 0 Å². The van der Waals surface area contributed by atoms with E-state index in [0.29, 0.717) is 25.9 Å². The second-order valence-corrected chi connectivity index (χ2v) is 7.84. The van der Waals surface area contributed by atoms with Crippen molar-refractivity contribution in [2.45, 2.75) is 31.3 Å². The number of nitrogens with one attached hydrogen (secondary N) is 1. The number of amides is 3. The number of urea groups is 1. The molecule has 6 nitrogen and oxygen atoms in total. The van der Waals surface area contributed by atoms with Gasteiger partial charge in [-0.25, -0.2) is 4.79 Å². The number of nitrogens with zero attached hydrogens (tertiary/aromatic N) is 2. The summed E-state index contributed by atoms with van der Waals surface area (Å²) in [5.74, 6) is 0.651. The first-order valence-electron chi connectivity index (χ1n) is 10.1. The average Bonchev–Trinajstić information content (AvgIpc) is 2.96. The van der Waals surface area contributed by atoms with Gasteiger partial charge in [-0.3, -0.25) is 15.0 Å². The topological polar surface area (TPSA) is 61.9 Å². The van der Waals surface area contributed by atoms with Gasteiger partial charge in [-0.2, -0.15) is 0 Å². The van der Waals surface area contributed by atoms with Crippen LogP contribution in [0.25, 0.3) is 0 Å². The minimum absolute atomic E-state index is 0.157. The maximum absolute atomic E-state index is 12.8. The number of likely N-dealkylation sites (tertiary alicyclic amines) is 1. The molecule has 2 heterocycles. The lowest BCUT2D eigenvalue weighted by atomic mass is 9.87. The Kier molecular flexibility index (Phi) is 5.53. The highest BCUT2D eigenvalue weighted by Gasteiger charge is 2.54. The lowest BCUT2D eigenvalue weighted by Gasteiger charge is -2.43. The number of hydrogen-bond acceptors (Lipinski definition) is 4. The third-order valence-corrected chi connectivity index (χ3v) is 5.99. The highest BCUT2D eigenvalue weighted by atomic mass is 16.5. The third kappa shape index (κ3) is 3.98. The van der Waals surface area contributed by atoms with E-state index in [4.69, 9.17) is 4.74 Å². The average molecular weight is 393 g/mol. The molecular formula is C23H27N3O3. The molecule has 0 radical (unpaired) electrons. The fourth-order valence-corrected chi connectivity index (χ4v) is 4.45. The normalized spacial score (nSPS) is 22.2. The zero-order chi connectivity index (χ0) is 20.3. The monoisotopic (exact) mass is 393 g/mol. The highest BCUT2D eigenvalue weighted by Crippen LogP contribution is 2.33. The number of hydrogen-bond donors (Lipinski definition) is 1. The van der Waals surface area contributed by atoms with E-state index in [2.05, 4.69) is 22.3 Å². The van der Waals surface area contributed by atoms with Crippen LogP contribution in [0.1, 0.15) is 24.0 Å². The van der Waals surface area contributed by atoms with E-state index in [1.165, 1.54) is 5.56 Å². The lowest BCUT2D eigenvalue weighted by molar-refractivity contribution is -0.129. The quantitative estimate of drug-likeness (QED) is 0.767. The van der Waals surface area contributed by atoms with E-state index in [0.717, 1.165) is 30.8 Å². The second kappa shape index (κ2) is 8.25. The van der Waals surface area contributed by atoms with Crippen molar-refractivity contribution in [3.8, 4) is 5.75 Å². The van der Waals surface area contributed by atoms with Gasteiger partial charge in [0.15, 0.2) is 0 Å². The molecule has 0 saturated carbocycles. The van der Waals surface area contributed by atoms with Crippen LogP contribution in [0.15, 0.2) is 54.6 Å². The van der Waals surface area contributed by atoms with E-state index in [-0.39, 0.29) is 11.9 Å². The van der Waals surface area contributed by atoms with Crippen LogP contribution in [-0.4, -0.2) is 54.0 Å². The summed E-state index contributed by atoms with van der Waals surface area (Å²) < 4.78 is 5.20. The molecule has 2 aromatic carbocycles. The summed E-state index contributed by atoms with van der Waals surface area (Å²) in [7, 11) is 1.64. The molecule has 152 valence electrons. The summed E-state index contributed by atoms with van der Waals surface area (Å²) in [6.07, 6.45) is 2.30. The number of methoxy groups -OCH3 is 1. The predicted molar refractivity (Wildman–Crippen MR) is 111 cm³/mol. The van der Waals surface area contributed by atoms with Crippen LogP contribution in [0, 0.1) is 0 Å². The fraction of sp³-hybridized carbons (Fsp3) is 0.391. The Morgan fingerprint density at radius 1 is 1.03 bits per heavy atom. The zero-order valence-electron chi connectivity index (χ0n) is 16.8. The number of imide groups is 1. The van der Waals surface area contributed by atoms with Crippen LogP contribution in [0.3, 0.4) is 0 Å². The second-order valence-electron chi connectivity index (χ2n) is 7.84. The first-order valence-corrected chi connectivity index (χ1v) is 10.1. The van der Waals surface area contributed by atoms with E-state index in [1.807, 2.05) is 42.5 Å². The predicted octanol–water partition coefficient (Wildman–Crippen LogP) is 2.82. The number of piperidine rings is 1. The molecule has 2 saturated heterocycles. The molecule has 1 spiro atoms. The number of rotatable bonds is 6. The largest absolute Gasteiger partial charge is 0.497 e. The van der Waals surface area contributed by atoms with Crippen molar-refractivity contribution in [1.29, 1.82) is 0 Å². The molecule has 0 bridgehead atoms. The van der Waals surface area contributed by atoms with Gasteiger partial charge in [0, 0.05) is 19.6 Å². The van der Waals surface area contributed by atoms with Crippen molar-refractivity contribution >= 4 is 11.9 Å². The molecule has 0 aliphatic carbocycles. The summed E-state index contributed by atoms with van der Waals surface area (Å²) in [5.41, 5.74) is 1.57. The number of carbonyl (C=O) groups excluding carboxylic acids is 2. The van der Waals surface area contributed by atoms with Crippen LogP contribution in [0.4, 0.5) is 4.79 Å². The van der Waals surface area contributed by atoms with Crippen LogP contribution in [0.5, 0.6) is 5.75 Å². The minimum atomic E-state index is -0.767. The Morgan fingerprint density at radius 3 is 2.52 bits per heavy atom. The summed E-state index contributed by atoms with van der Waals surface area (Å²) >= 11 is 0. The Balaban J connectivity index is 1.48. The van der Waals surface area contributed by atoms with Gasteiger partial charge in [0.25, 0.3) is 5.91 Å². The standard InChI is InChI=1S/C23H27N3O3/c1-29-20-10-8-18(9-11-20)12-15-26-22(28)24-21(27)23(26)13-5-14-25(17-23)16-19-6-3-2-4-7-19/h2-4,6-11H,5,12-17H2,1H3,(H,24,27,28). The molecule has 4 rings (SSSR count). The fourth-order valence-electron chi connectivity index (χ4n) is 4.45. The van der Waals surface area contributed by atoms with Crippen molar-refractivity contribution in [2.24, 2.45) is 0 Å². The molecule has 2 fully saturated rings. The van der Waals surface area contributed by atoms with E-state index in [1.54, 1.807) is 12.0 Å². The molecule has 1 unspecified atom stereocenters. The SMILES string of the molecule is COc1ccc(CCN2C(=O)NC(=O)C23CCCN(Cc2ccccc2)C3)cc1. The van der Waals surface area contributed by atoms with E-state index in [9.17, 15) is 9.59 Å². The van der Waals surface area contributed by atoms with Gasteiger partial charge in [-0.05, 0) is 49.1 Å². The van der Waals surface area contributed by atoms with Gasteiger partial charge in [-0.15, -0.1) is 0 Å². The summed E-state index contributed by atoms with van der Waals surface area (Å²) in [4.78, 5) is 29.5. The van der Waals surface area contributed by atoms with Crippen molar-refractivity contribution < 1.29 is 14.3 Å². The van der Waals surface area contributed by atoms with Gasteiger partial charge in [-0.1, -0.05) is 42.5 Å². The Morgan fingerprint density at radius 2 is 1.79 bits per heavy atom.